The van der Waals surface area contributed by atoms with E-state index in [-0.39, 0.29) is 48.0 Å². The maximum absolute atomic E-state index is 12.8. The van der Waals surface area contributed by atoms with Crippen molar-refractivity contribution in [3.8, 4) is 0 Å². The van der Waals surface area contributed by atoms with Crippen molar-refractivity contribution in [1.82, 2.24) is 4.31 Å². The lowest BCUT2D eigenvalue weighted by molar-refractivity contribution is -0.385. The average Bonchev–Trinajstić information content (AvgIpc) is 2.98. The third-order valence-electron chi connectivity index (χ3n) is 4.23. The topological polar surface area (TPSA) is 107 Å². The van der Waals surface area contributed by atoms with E-state index in [4.69, 9.17) is 5.73 Å². The van der Waals surface area contributed by atoms with Gasteiger partial charge in [-0.1, -0.05) is 36.4 Å². The molecule has 0 radical (unpaired) electrons. The van der Waals surface area contributed by atoms with Gasteiger partial charge in [0.25, 0.3) is 5.69 Å². The molecular weight excluding hydrogens is 366 g/mol. The lowest BCUT2D eigenvalue weighted by Gasteiger charge is -2.16. The van der Waals surface area contributed by atoms with Gasteiger partial charge in [0.05, 0.1) is 9.82 Å². The zero-order valence-electron chi connectivity index (χ0n) is 13.2. The third-order valence-corrected chi connectivity index (χ3v) is 6.05. The summed E-state index contributed by atoms with van der Waals surface area (Å²) in [7, 11) is -3.82. The van der Waals surface area contributed by atoms with Crippen LogP contribution in [0.4, 0.5) is 5.69 Å². The van der Waals surface area contributed by atoms with Crippen LogP contribution >= 0.6 is 12.4 Å². The highest BCUT2D eigenvalue weighted by molar-refractivity contribution is 7.89. The molecule has 25 heavy (non-hydrogen) atoms. The molecule has 2 atom stereocenters. The van der Waals surface area contributed by atoms with Crippen LogP contribution < -0.4 is 5.73 Å². The predicted octanol–water partition coefficient (Wildman–Crippen LogP) is 2.13. The van der Waals surface area contributed by atoms with Crippen molar-refractivity contribution in [2.75, 3.05) is 13.1 Å². The van der Waals surface area contributed by atoms with Crippen LogP contribution in [0, 0.1) is 10.1 Å². The number of nitro benzene ring substituents is 1. The van der Waals surface area contributed by atoms with E-state index in [0.29, 0.717) is 0 Å². The smallest absolute Gasteiger partial charge is 0.270 e. The highest BCUT2D eigenvalue weighted by Crippen LogP contribution is 2.31. The molecule has 0 saturated carbocycles. The molecule has 0 aliphatic carbocycles. The number of halogens is 1. The van der Waals surface area contributed by atoms with E-state index in [2.05, 4.69) is 0 Å². The number of nitrogens with two attached hydrogens (primary N) is 1. The summed E-state index contributed by atoms with van der Waals surface area (Å²) in [5.74, 6) is -0.0975. The van der Waals surface area contributed by atoms with E-state index in [1.165, 1.54) is 22.5 Å². The standard InChI is InChI=1S/C16H17N3O4S.ClH/c17-16-11-18(10-15(16)12-5-2-1-3-6-12)24(22,23)14-8-4-7-13(9-14)19(20)21;/h1-9,15-16H,10-11,17H2;1H/t15-,16+;/m0./s1. The van der Waals surface area contributed by atoms with Crippen molar-refractivity contribution in [2.45, 2.75) is 16.9 Å². The van der Waals surface area contributed by atoms with E-state index in [1.807, 2.05) is 30.3 Å². The number of nitro groups is 1. The molecule has 7 nitrogen and oxygen atoms in total. The molecular formula is C16H18ClN3O4S. The second kappa shape index (κ2) is 7.49. The molecule has 0 aromatic heterocycles. The predicted molar refractivity (Wildman–Crippen MR) is 96.3 cm³/mol. The summed E-state index contributed by atoms with van der Waals surface area (Å²) in [6, 6.07) is 14.3. The maximum Gasteiger partial charge on any atom is 0.270 e. The third kappa shape index (κ3) is 3.82. The van der Waals surface area contributed by atoms with Crippen molar-refractivity contribution in [2.24, 2.45) is 5.73 Å². The van der Waals surface area contributed by atoms with Gasteiger partial charge in [-0.3, -0.25) is 10.1 Å². The molecule has 3 rings (SSSR count). The number of non-ortho nitro benzene ring substituents is 1. The number of rotatable bonds is 4. The Balaban J connectivity index is 0.00000225. The fourth-order valence-corrected chi connectivity index (χ4v) is 4.49. The molecule has 0 amide bonds. The first-order valence-corrected chi connectivity index (χ1v) is 8.89. The lowest BCUT2D eigenvalue weighted by atomic mass is 9.95. The van der Waals surface area contributed by atoms with Crippen molar-refractivity contribution in [1.29, 1.82) is 0 Å². The van der Waals surface area contributed by atoms with Gasteiger partial charge in [0.15, 0.2) is 0 Å². The lowest BCUT2D eigenvalue weighted by Crippen LogP contribution is -2.32. The van der Waals surface area contributed by atoms with Crippen LogP contribution in [0.15, 0.2) is 59.5 Å². The van der Waals surface area contributed by atoms with Crippen LogP contribution in [0.3, 0.4) is 0 Å². The van der Waals surface area contributed by atoms with Crippen LogP contribution in [0.1, 0.15) is 11.5 Å². The molecule has 1 heterocycles. The van der Waals surface area contributed by atoms with Gasteiger partial charge in [-0.25, -0.2) is 8.42 Å². The van der Waals surface area contributed by atoms with Crippen molar-refractivity contribution >= 4 is 28.1 Å². The highest BCUT2D eigenvalue weighted by atomic mass is 35.5. The molecule has 9 heteroatoms. The quantitative estimate of drug-likeness (QED) is 0.642. The largest absolute Gasteiger partial charge is 0.326 e. The van der Waals surface area contributed by atoms with Gasteiger partial charge in [0.2, 0.25) is 10.0 Å². The molecule has 1 aliphatic rings. The Hall–Kier alpha value is -2.00. The van der Waals surface area contributed by atoms with Gasteiger partial charge in [0, 0.05) is 37.2 Å². The summed E-state index contributed by atoms with van der Waals surface area (Å²) < 4.78 is 26.9. The van der Waals surface area contributed by atoms with Crippen LogP contribution in [0.2, 0.25) is 0 Å². The molecule has 0 unspecified atom stereocenters. The maximum atomic E-state index is 12.8. The Morgan fingerprint density at radius 2 is 1.76 bits per heavy atom. The molecule has 0 spiro atoms. The fourth-order valence-electron chi connectivity index (χ4n) is 2.95. The average molecular weight is 384 g/mol. The van der Waals surface area contributed by atoms with E-state index < -0.39 is 14.9 Å². The first kappa shape index (κ1) is 19.3. The number of hydrogen-bond acceptors (Lipinski definition) is 5. The normalized spacial score (nSPS) is 20.8. The second-order valence-corrected chi connectivity index (χ2v) is 7.70. The Morgan fingerprint density at radius 3 is 2.40 bits per heavy atom. The van der Waals surface area contributed by atoms with Crippen molar-refractivity contribution < 1.29 is 13.3 Å². The molecule has 134 valence electrons. The van der Waals surface area contributed by atoms with E-state index in [0.717, 1.165) is 11.6 Å². The number of sulfonamides is 1. The molecule has 0 bridgehead atoms. The van der Waals surface area contributed by atoms with E-state index in [9.17, 15) is 18.5 Å². The Morgan fingerprint density at radius 1 is 1.08 bits per heavy atom. The van der Waals surface area contributed by atoms with Crippen LogP contribution in [0.5, 0.6) is 0 Å². The summed E-state index contributed by atoms with van der Waals surface area (Å²) >= 11 is 0. The number of nitrogens with zero attached hydrogens (tertiary/aromatic N) is 2. The van der Waals surface area contributed by atoms with Gasteiger partial charge in [-0.05, 0) is 11.6 Å². The Kier molecular flexibility index (Phi) is 5.79. The van der Waals surface area contributed by atoms with E-state index >= 15 is 0 Å². The van der Waals surface area contributed by atoms with Gasteiger partial charge >= 0.3 is 0 Å². The minimum absolute atomic E-state index is 0. The Bertz CT molecular complexity index is 861. The summed E-state index contributed by atoms with van der Waals surface area (Å²) in [6.07, 6.45) is 0. The van der Waals surface area contributed by atoms with Gasteiger partial charge < -0.3 is 5.73 Å². The monoisotopic (exact) mass is 383 g/mol. The van der Waals surface area contributed by atoms with Crippen LogP contribution in [-0.4, -0.2) is 36.8 Å². The molecule has 2 aromatic carbocycles. The van der Waals surface area contributed by atoms with Crippen molar-refractivity contribution in [3.63, 3.8) is 0 Å². The summed E-state index contributed by atoms with van der Waals surface area (Å²) in [5, 5.41) is 10.9. The van der Waals surface area contributed by atoms with Crippen molar-refractivity contribution in [3.05, 3.63) is 70.3 Å². The molecule has 2 N–H and O–H groups in total. The van der Waals surface area contributed by atoms with E-state index in [1.54, 1.807) is 0 Å². The minimum Gasteiger partial charge on any atom is -0.326 e. The SMILES string of the molecule is Cl.N[C@@H]1CN(S(=O)(=O)c2cccc([N+](=O)[O-])c2)C[C@H]1c1ccccc1. The van der Waals surface area contributed by atoms with Crippen LogP contribution in [-0.2, 0) is 10.0 Å². The van der Waals surface area contributed by atoms with Gasteiger partial charge in [-0.2, -0.15) is 4.31 Å². The zero-order chi connectivity index (χ0) is 17.3. The van der Waals surface area contributed by atoms with Gasteiger partial charge in [-0.15, -0.1) is 12.4 Å². The fraction of sp³-hybridized carbons (Fsp3) is 0.250. The number of hydrogen-bond donors (Lipinski definition) is 1. The first-order valence-electron chi connectivity index (χ1n) is 7.45. The first-order chi connectivity index (χ1) is 11.4. The number of benzene rings is 2. The summed E-state index contributed by atoms with van der Waals surface area (Å²) in [5.41, 5.74) is 6.88. The second-order valence-electron chi connectivity index (χ2n) is 5.76. The molecule has 1 saturated heterocycles. The van der Waals surface area contributed by atoms with Gasteiger partial charge in [0.1, 0.15) is 0 Å². The zero-order valence-corrected chi connectivity index (χ0v) is 14.8. The molecule has 1 fully saturated rings. The minimum atomic E-state index is -3.82. The molecule has 2 aromatic rings. The van der Waals surface area contributed by atoms with Crippen LogP contribution in [0.25, 0.3) is 0 Å². The summed E-state index contributed by atoms with van der Waals surface area (Å²) in [4.78, 5) is 10.2. The highest BCUT2D eigenvalue weighted by Gasteiger charge is 2.38. The Labute approximate surface area is 152 Å². The summed E-state index contributed by atoms with van der Waals surface area (Å²) in [6.45, 7) is 0.445. The molecule has 1 aliphatic heterocycles.